The zero-order valence-electron chi connectivity index (χ0n) is 18.6. The predicted octanol–water partition coefficient (Wildman–Crippen LogP) is 4.95. The number of rotatable bonds is 9. The standard InChI is InChI=1S/C25H24N2O5S/c1-4-12-32-18-8-5-7-16(14-18)26-23-22(21-9-6-13-33-21)24(28)27(25(23)29)19-11-10-17(30-2)15-20(19)31-3/h5-11,13-15,26H,4,12H2,1-3H3. The summed E-state index contributed by atoms with van der Waals surface area (Å²) in [6.45, 7) is 2.63. The molecule has 7 nitrogen and oxygen atoms in total. The van der Waals surface area contributed by atoms with E-state index < -0.39 is 11.8 Å². The van der Waals surface area contributed by atoms with Crippen molar-refractivity contribution < 1.29 is 23.8 Å². The number of benzene rings is 2. The average Bonchev–Trinajstić information content (AvgIpc) is 3.44. The molecule has 2 heterocycles. The molecule has 0 spiro atoms. The number of thiophene rings is 1. The molecular weight excluding hydrogens is 440 g/mol. The van der Waals surface area contributed by atoms with Gasteiger partial charge in [-0.15, -0.1) is 11.3 Å². The first-order chi connectivity index (χ1) is 16.1. The topological polar surface area (TPSA) is 77.1 Å². The zero-order chi connectivity index (χ0) is 23.4. The number of methoxy groups -OCH3 is 2. The molecule has 2 aromatic carbocycles. The molecule has 33 heavy (non-hydrogen) atoms. The molecule has 1 aliphatic heterocycles. The van der Waals surface area contributed by atoms with Crippen molar-refractivity contribution in [2.24, 2.45) is 0 Å². The monoisotopic (exact) mass is 464 g/mol. The van der Waals surface area contributed by atoms with Crippen LogP contribution in [0.5, 0.6) is 17.2 Å². The molecule has 0 unspecified atom stereocenters. The molecule has 1 aromatic heterocycles. The van der Waals surface area contributed by atoms with Crippen LogP contribution in [0.25, 0.3) is 5.57 Å². The third-order valence-corrected chi connectivity index (χ3v) is 5.94. The van der Waals surface area contributed by atoms with Gasteiger partial charge in [0.2, 0.25) is 0 Å². The number of anilines is 2. The minimum atomic E-state index is -0.466. The van der Waals surface area contributed by atoms with Gasteiger partial charge in [0.25, 0.3) is 11.8 Å². The summed E-state index contributed by atoms with van der Waals surface area (Å²) in [4.78, 5) is 29.0. The Morgan fingerprint density at radius 2 is 1.79 bits per heavy atom. The molecule has 0 fully saturated rings. The highest BCUT2D eigenvalue weighted by Gasteiger charge is 2.42. The van der Waals surface area contributed by atoms with Gasteiger partial charge in [-0.1, -0.05) is 19.1 Å². The van der Waals surface area contributed by atoms with E-state index in [0.717, 1.165) is 11.3 Å². The highest BCUT2D eigenvalue weighted by molar-refractivity contribution is 7.11. The first-order valence-corrected chi connectivity index (χ1v) is 11.3. The second-order valence-electron chi connectivity index (χ2n) is 7.21. The molecule has 0 saturated carbocycles. The molecule has 170 valence electrons. The molecule has 2 amide bonds. The summed E-state index contributed by atoms with van der Waals surface area (Å²) in [5.74, 6) is 0.713. The molecular formula is C25H24N2O5S. The maximum absolute atomic E-state index is 13.6. The SMILES string of the molecule is CCCOc1cccc(NC2=C(c3cccs3)C(=O)N(c3ccc(OC)cc3OC)C2=O)c1. The lowest BCUT2D eigenvalue weighted by Crippen LogP contribution is -2.32. The zero-order valence-corrected chi connectivity index (χ0v) is 19.4. The van der Waals surface area contributed by atoms with Crippen LogP contribution in [-0.4, -0.2) is 32.6 Å². The highest BCUT2D eigenvalue weighted by Crippen LogP contribution is 2.40. The average molecular weight is 465 g/mol. The lowest BCUT2D eigenvalue weighted by molar-refractivity contribution is -0.120. The molecule has 0 bridgehead atoms. The summed E-state index contributed by atoms with van der Waals surface area (Å²) in [6.07, 6.45) is 0.886. The second-order valence-corrected chi connectivity index (χ2v) is 8.16. The van der Waals surface area contributed by atoms with E-state index in [2.05, 4.69) is 5.32 Å². The number of nitrogens with zero attached hydrogens (tertiary/aromatic N) is 1. The van der Waals surface area contributed by atoms with Gasteiger partial charge < -0.3 is 19.5 Å². The lowest BCUT2D eigenvalue weighted by Gasteiger charge is -2.19. The van der Waals surface area contributed by atoms with Crippen LogP contribution in [0.4, 0.5) is 11.4 Å². The molecule has 0 saturated heterocycles. The van der Waals surface area contributed by atoms with E-state index in [9.17, 15) is 9.59 Å². The van der Waals surface area contributed by atoms with Gasteiger partial charge >= 0.3 is 0 Å². The minimum Gasteiger partial charge on any atom is -0.497 e. The van der Waals surface area contributed by atoms with Crippen LogP contribution in [0.2, 0.25) is 0 Å². The van der Waals surface area contributed by atoms with Crippen LogP contribution in [0.1, 0.15) is 18.2 Å². The van der Waals surface area contributed by atoms with Crippen LogP contribution < -0.4 is 24.4 Å². The summed E-state index contributed by atoms with van der Waals surface area (Å²) >= 11 is 1.39. The van der Waals surface area contributed by atoms with Gasteiger partial charge in [-0.05, 0) is 42.1 Å². The van der Waals surface area contributed by atoms with Crippen LogP contribution >= 0.6 is 11.3 Å². The minimum absolute atomic E-state index is 0.202. The normalized spacial score (nSPS) is 13.5. The van der Waals surface area contributed by atoms with Crippen molar-refractivity contribution in [2.75, 3.05) is 31.0 Å². The number of nitrogens with one attached hydrogen (secondary N) is 1. The Morgan fingerprint density at radius 3 is 2.48 bits per heavy atom. The number of ether oxygens (including phenoxy) is 3. The third-order valence-electron chi connectivity index (χ3n) is 5.06. The number of carbonyl (C=O) groups excluding carboxylic acids is 2. The maximum atomic E-state index is 13.6. The van der Waals surface area contributed by atoms with Gasteiger partial charge in [0.05, 0.1) is 32.1 Å². The molecule has 1 N–H and O–H groups in total. The van der Waals surface area contributed by atoms with Crippen molar-refractivity contribution in [3.05, 3.63) is 70.6 Å². The lowest BCUT2D eigenvalue weighted by atomic mass is 10.2. The molecule has 0 atom stereocenters. The van der Waals surface area contributed by atoms with Gasteiger partial charge in [-0.2, -0.15) is 0 Å². The smallest absolute Gasteiger partial charge is 0.282 e. The van der Waals surface area contributed by atoms with Crippen molar-refractivity contribution >= 4 is 40.1 Å². The summed E-state index contributed by atoms with van der Waals surface area (Å²) in [5.41, 5.74) is 1.51. The second kappa shape index (κ2) is 9.79. The number of hydrogen-bond acceptors (Lipinski definition) is 7. The molecule has 3 aromatic rings. The number of carbonyl (C=O) groups is 2. The molecule has 4 rings (SSSR count). The van der Waals surface area contributed by atoms with Gasteiger partial charge in [0.15, 0.2) is 0 Å². The van der Waals surface area contributed by atoms with Crippen molar-refractivity contribution in [2.45, 2.75) is 13.3 Å². The van der Waals surface area contributed by atoms with Gasteiger partial charge in [-0.3, -0.25) is 9.59 Å². The fourth-order valence-corrected chi connectivity index (χ4v) is 4.28. The Balaban J connectivity index is 1.75. The Bertz CT molecular complexity index is 1200. The van der Waals surface area contributed by atoms with Crippen molar-refractivity contribution in [3.63, 3.8) is 0 Å². The van der Waals surface area contributed by atoms with E-state index in [1.54, 1.807) is 18.2 Å². The first-order valence-electron chi connectivity index (χ1n) is 10.5. The summed E-state index contributed by atoms with van der Waals surface area (Å²) in [6, 6.07) is 16.0. The summed E-state index contributed by atoms with van der Waals surface area (Å²) in [7, 11) is 3.02. The predicted molar refractivity (Wildman–Crippen MR) is 129 cm³/mol. The molecule has 0 aliphatic carbocycles. The Labute approximate surface area is 196 Å². The van der Waals surface area contributed by atoms with Gasteiger partial charge in [0.1, 0.15) is 22.9 Å². The van der Waals surface area contributed by atoms with Crippen molar-refractivity contribution in [1.29, 1.82) is 0 Å². The van der Waals surface area contributed by atoms with Crippen LogP contribution in [0.15, 0.2) is 65.7 Å². The Hall–Kier alpha value is -3.78. The summed E-state index contributed by atoms with van der Waals surface area (Å²) < 4.78 is 16.4. The summed E-state index contributed by atoms with van der Waals surface area (Å²) in [5, 5.41) is 5.03. The van der Waals surface area contributed by atoms with E-state index in [4.69, 9.17) is 14.2 Å². The number of amides is 2. The van der Waals surface area contributed by atoms with E-state index in [1.165, 1.54) is 25.6 Å². The fourth-order valence-electron chi connectivity index (χ4n) is 3.51. The fraction of sp³-hybridized carbons (Fsp3) is 0.200. The quantitative estimate of drug-likeness (QED) is 0.452. The number of imide groups is 1. The highest BCUT2D eigenvalue weighted by atomic mass is 32.1. The van der Waals surface area contributed by atoms with Gasteiger partial charge in [-0.25, -0.2) is 4.90 Å². The van der Waals surface area contributed by atoms with Crippen LogP contribution in [-0.2, 0) is 9.59 Å². The van der Waals surface area contributed by atoms with Crippen LogP contribution in [0, 0.1) is 0 Å². The maximum Gasteiger partial charge on any atom is 0.282 e. The molecule has 8 heteroatoms. The van der Waals surface area contributed by atoms with Crippen molar-refractivity contribution in [3.8, 4) is 17.2 Å². The van der Waals surface area contributed by atoms with E-state index in [0.29, 0.717) is 45.7 Å². The largest absolute Gasteiger partial charge is 0.497 e. The third kappa shape index (κ3) is 4.42. The number of hydrogen-bond donors (Lipinski definition) is 1. The molecule has 1 aliphatic rings. The van der Waals surface area contributed by atoms with E-state index in [-0.39, 0.29) is 5.70 Å². The Kier molecular flexibility index (Phi) is 6.65. The Morgan fingerprint density at radius 1 is 0.939 bits per heavy atom. The molecule has 0 radical (unpaired) electrons. The van der Waals surface area contributed by atoms with Gasteiger partial charge in [0, 0.05) is 22.7 Å². The first kappa shape index (κ1) is 22.4. The van der Waals surface area contributed by atoms with Crippen molar-refractivity contribution in [1.82, 2.24) is 0 Å². The van der Waals surface area contributed by atoms with Crippen LogP contribution in [0.3, 0.4) is 0 Å². The van der Waals surface area contributed by atoms with E-state index in [1.807, 2.05) is 48.7 Å². The van der Waals surface area contributed by atoms with E-state index >= 15 is 0 Å².